The first-order valence-corrected chi connectivity index (χ1v) is 44.2. The van der Waals surface area contributed by atoms with E-state index in [9.17, 15) is 47.9 Å². The second-order valence-corrected chi connectivity index (χ2v) is 36.5. The number of hydrogen-bond acceptors (Lipinski definition) is 6. The van der Waals surface area contributed by atoms with Crippen molar-refractivity contribution in [2.24, 2.45) is 0 Å². The van der Waals surface area contributed by atoms with Crippen molar-refractivity contribution in [1.29, 1.82) is 0 Å². The van der Waals surface area contributed by atoms with E-state index in [0.29, 0.717) is 47.8 Å². The molecule has 9 aromatic carbocycles. The van der Waals surface area contributed by atoms with Gasteiger partial charge in [-0.05, 0) is 354 Å². The molecule has 1 aliphatic rings. The van der Waals surface area contributed by atoms with Gasteiger partial charge in [-0.15, -0.1) is 0 Å². The predicted molar refractivity (Wildman–Crippen MR) is 492 cm³/mol. The van der Waals surface area contributed by atoms with Gasteiger partial charge in [-0.25, -0.2) is 47.9 Å². The molecule has 0 amide bonds. The Bertz CT molecular complexity index is 4250. The summed E-state index contributed by atoms with van der Waals surface area (Å²) < 4.78 is 139. The number of nitrogens with zero attached hydrogens (tertiary/aromatic N) is 3. The third-order valence-corrected chi connectivity index (χ3v) is 20.4. The number of rotatable bonds is 24. The Balaban J connectivity index is 0.000000674. The van der Waals surface area contributed by atoms with Crippen LogP contribution >= 0.6 is 0 Å². The zero-order valence-electron chi connectivity index (χ0n) is 75.9. The number of halogens is 9. The molecule has 9 aromatic rings. The van der Waals surface area contributed by atoms with Crippen molar-refractivity contribution in [2.75, 3.05) is 84.8 Å². The second kappa shape index (κ2) is 57.3. The molecule has 0 bridgehead atoms. The number of benzene rings is 9. The van der Waals surface area contributed by atoms with Gasteiger partial charge in [0.15, 0.2) is 0 Å². The Morgan fingerprint density at radius 2 is 0.714 bits per heavy atom. The molecule has 16 heteroatoms. The molecule has 1 N–H and O–H groups in total. The molecule has 119 heavy (non-hydrogen) atoms. The summed E-state index contributed by atoms with van der Waals surface area (Å²) in [5.74, 6) is 2.12. The Morgan fingerprint density at radius 1 is 0.353 bits per heavy atom. The molecule has 6 nitrogen and oxygen atoms in total. The number of nitrogens with one attached hydrogen (secondary N) is 1. The van der Waals surface area contributed by atoms with Crippen molar-refractivity contribution in [3.63, 3.8) is 0 Å². The molecule has 10 rings (SSSR count). The number of likely N-dealkylation sites (N-methyl/N-ethyl adjacent to an activating group) is 1. The Labute approximate surface area is 715 Å². The first kappa shape index (κ1) is 109. The van der Waals surface area contributed by atoms with E-state index < -0.39 is 9.84 Å². The lowest BCUT2D eigenvalue weighted by Crippen LogP contribution is -2.20. The molecular formula is C103H147F9N4O2S. The summed E-state index contributed by atoms with van der Waals surface area (Å²) in [6.45, 7) is 47.3. The number of hydrogen-bond donors (Lipinski definition) is 1. The third kappa shape index (κ3) is 48.9. The van der Waals surface area contributed by atoms with Gasteiger partial charge in [0.05, 0.1) is 5.75 Å². The van der Waals surface area contributed by atoms with E-state index >= 15 is 0 Å². The van der Waals surface area contributed by atoms with Crippen molar-refractivity contribution >= 4 is 15.5 Å². The number of sulfone groups is 1. The van der Waals surface area contributed by atoms with Crippen molar-refractivity contribution in [1.82, 2.24) is 14.7 Å². The Kier molecular flexibility index (Phi) is 52.5. The average Bonchev–Trinajstić information content (AvgIpc) is 1.06. The topological polar surface area (TPSA) is 55.9 Å². The summed E-state index contributed by atoms with van der Waals surface area (Å²) >= 11 is 0. The molecule has 0 saturated carbocycles. The number of likely N-dealkylation sites (tertiary alicyclic amines) is 1. The van der Waals surface area contributed by atoms with Crippen molar-refractivity contribution in [3.8, 4) is 0 Å². The molecule has 1 saturated heterocycles. The molecule has 0 unspecified atom stereocenters. The normalized spacial score (nSPS) is 11.8. The summed E-state index contributed by atoms with van der Waals surface area (Å²) in [5, 5.41) is 3.23. The third-order valence-electron chi connectivity index (χ3n) is 19.4. The van der Waals surface area contributed by atoms with Gasteiger partial charge in [0.25, 0.3) is 0 Å². The minimum atomic E-state index is -2.99. The standard InChI is InChI=1S/C16H24FN.C14H22FN.C13H21FN2.C12H17FO2S.2C10H13F.3C9H11F.CH4/c1-13(2)15-10-14(11-16(17)12-15)6-5-9-18-7-3-4-8-18;1-11(2)13-8-12(9-14(15)10-13)6-5-7-16(3)4;1-10(2)11-7-12(14)9-13(8-11)15-5-6-16(3)4;1-9(2)11-6-10(7-12(13)8-11)4-5-16(3,14)15;2*1-7(2)9-4-8(3)5-10(11)6-9;1-7(2)8-3-5-9(10)6-4-8;1-7(2)8-4-3-5-9(10)6-8;1-7(2)8-5-3-4-6-9(8)10;/h10-13H,3-9H2,1-2H3;8-11H,5-7H2,1-4H3;7-10,15H,5-6H2,1-4H3;6-9H,4-5H2,1-3H3;2*4-7H,1-3H3;3*3-7H,1-2H3;1H4. The molecule has 660 valence electrons. The summed E-state index contributed by atoms with van der Waals surface area (Å²) in [7, 11) is 5.17. The minimum Gasteiger partial charge on any atom is -0.384 e. The molecular weight excluding hydrogens is 1530 g/mol. The van der Waals surface area contributed by atoms with Crippen LogP contribution in [0.25, 0.3) is 0 Å². The quantitative estimate of drug-likeness (QED) is 0.0609. The SMILES string of the molecule is C.CC(C)c1cc(F)cc(CCCN(C)C)c1.CC(C)c1cc(F)cc(CCCN2CCCC2)c1.CC(C)c1cc(F)cc(CCS(C)(=O)=O)c1.CC(C)c1cc(F)cc(NCCN(C)C)c1.CC(C)c1ccc(F)cc1.CC(C)c1cccc(F)c1.CC(C)c1ccccc1F.Cc1cc(F)cc(C(C)C)c1.Cc1cc(F)cc(C(C)C)c1. The first-order chi connectivity index (χ1) is 55.2. The van der Waals surface area contributed by atoms with Gasteiger partial charge in [-0.2, -0.15) is 0 Å². The van der Waals surface area contributed by atoms with E-state index in [4.69, 9.17) is 0 Å². The van der Waals surface area contributed by atoms with Gasteiger partial charge in [-0.1, -0.05) is 205 Å². The van der Waals surface area contributed by atoms with Crippen LogP contribution in [0.2, 0.25) is 0 Å². The van der Waals surface area contributed by atoms with E-state index in [1.807, 2.05) is 110 Å². The Morgan fingerprint density at radius 3 is 1.07 bits per heavy atom. The highest BCUT2D eigenvalue weighted by Crippen LogP contribution is 2.26. The van der Waals surface area contributed by atoms with Crippen LogP contribution in [-0.4, -0.2) is 103 Å². The van der Waals surface area contributed by atoms with E-state index in [1.165, 1.54) is 74.1 Å². The maximum Gasteiger partial charge on any atom is 0.147 e. The second-order valence-electron chi connectivity index (χ2n) is 34.3. The molecule has 0 atom stereocenters. The van der Waals surface area contributed by atoms with Gasteiger partial charge < -0.3 is 20.0 Å². The van der Waals surface area contributed by atoms with Gasteiger partial charge >= 0.3 is 0 Å². The van der Waals surface area contributed by atoms with Crippen molar-refractivity contribution in [2.45, 2.75) is 244 Å². The van der Waals surface area contributed by atoms with E-state index in [-0.39, 0.29) is 77.4 Å². The Hall–Kier alpha value is -8.02. The molecule has 0 aliphatic carbocycles. The van der Waals surface area contributed by atoms with Crippen LogP contribution in [0.3, 0.4) is 0 Å². The van der Waals surface area contributed by atoms with Gasteiger partial charge in [0, 0.05) is 25.0 Å². The molecule has 1 fully saturated rings. The predicted octanol–water partition coefficient (Wildman–Crippen LogP) is 28.9. The maximum atomic E-state index is 13.5. The first-order valence-electron chi connectivity index (χ1n) is 42.1. The summed E-state index contributed by atoms with van der Waals surface area (Å²) in [4.78, 5) is 6.76. The van der Waals surface area contributed by atoms with Crippen LogP contribution in [-0.2, 0) is 29.1 Å². The van der Waals surface area contributed by atoms with Crippen LogP contribution in [0, 0.1) is 66.2 Å². The average molecular weight is 1680 g/mol. The fraction of sp³-hybridized carbons (Fsp3) is 0.476. The number of anilines is 1. The zero-order chi connectivity index (χ0) is 89.1. The van der Waals surface area contributed by atoms with Gasteiger partial charge in [-0.3, -0.25) is 0 Å². The monoisotopic (exact) mass is 1680 g/mol. The lowest BCUT2D eigenvalue weighted by molar-refractivity contribution is 0.334. The van der Waals surface area contributed by atoms with Crippen LogP contribution in [0.15, 0.2) is 182 Å². The van der Waals surface area contributed by atoms with Crippen LogP contribution in [0.1, 0.15) is 289 Å². The highest BCUT2D eigenvalue weighted by molar-refractivity contribution is 7.90. The highest BCUT2D eigenvalue weighted by atomic mass is 32.2. The highest BCUT2D eigenvalue weighted by Gasteiger charge is 2.14. The van der Waals surface area contributed by atoms with E-state index in [2.05, 4.69) is 143 Å². The summed E-state index contributed by atoms with van der Waals surface area (Å²) in [5.41, 5.74) is 15.2. The van der Waals surface area contributed by atoms with Crippen molar-refractivity contribution in [3.05, 3.63) is 312 Å². The van der Waals surface area contributed by atoms with Crippen LogP contribution < -0.4 is 5.32 Å². The number of aryl methyl sites for hydroxylation is 5. The molecule has 0 aromatic heterocycles. The summed E-state index contributed by atoms with van der Waals surface area (Å²) in [6, 6.07) is 51.4. The van der Waals surface area contributed by atoms with Gasteiger partial charge in [0.1, 0.15) is 62.2 Å². The lowest BCUT2D eigenvalue weighted by Gasteiger charge is -2.14. The minimum absolute atomic E-state index is 0. The zero-order valence-corrected chi connectivity index (χ0v) is 76.7. The molecule has 0 radical (unpaired) electrons. The molecule has 1 heterocycles. The fourth-order valence-electron chi connectivity index (χ4n) is 12.2. The van der Waals surface area contributed by atoms with Crippen molar-refractivity contribution < 1.29 is 47.9 Å². The molecule has 1 aliphatic heterocycles. The van der Waals surface area contributed by atoms with E-state index in [1.54, 1.807) is 78.9 Å². The van der Waals surface area contributed by atoms with Crippen LogP contribution in [0.4, 0.5) is 45.2 Å². The maximum absolute atomic E-state index is 13.5. The summed E-state index contributed by atoms with van der Waals surface area (Å²) in [6.07, 6.45) is 8.42. The molecule has 0 spiro atoms. The largest absolute Gasteiger partial charge is 0.384 e. The van der Waals surface area contributed by atoms with Crippen LogP contribution in [0.5, 0.6) is 0 Å². The van der Waals surface area contributed by atoms with E-state index in [0.717, 1.165) is 130 Å². The van der Waals surface area contributed by atoms with Gasteiger partial charge in [0.2, 0.25) is 0 Å². The lowest BCUT2D eigenvalue weighted by atomic mass is 9.98. The fourth-order valence-corrected chi connectivity index (χ4v) is 12.8. The smallest absolute Gasteiger partial charge is 0.147 e.